The van der Waals surface area contributed by atoms with Crippen LogP contribution in [-0.4, -0.2) is 23.8 Å². The second-order valence-corrected chi connectivity index (χ2v) is 2.70. The second-order valence-electron chi connectivity index (χ2n) is 2.70. The quantitative estimate of drug-likeness (QED) is 0.495. The lowest BCUT2D eigenvalue weighted by Crippen LogP contribution is -2.28. The lowest BCUT2D eigenvalue weighted by molar-refractivity contribution is -0.436. The van der Waals surface area contributed by atoms with E-state index in [1.54, 1.807) is 12.2 Å². The highest BCUT2D eigenvalue weighted by Crippen LogP contribution is 2.21. The SMILES string of the molecule is COC1C=CC2=NONC2=C1[N+](=O)[O-]. The van der Waals surface area contributed by atoms with Gasteiger partial charge >= 0.3 is 5.70 Å². The first-order valence-electron chi connectivity index (χ1n) is 3.84. The topological polar surface area (TPSA) is 86.0 Å². The van der Waals surface area contributed by atoms with Gasteiger partial charge in [-0.05, 0) is 12.2 Å². The average Bonchev–Trinajstić information content (AvgIpc) is 2.62. The fourth-order valence-electron chi connectivity index (χ4n) is 1.31. The number of hydrogen-bond donors (Lipinski definition) is 1. The standard InChI is InChI=1S/C7H7N3O4/c1-13-5-3-2-4-6(9-14-8-4)7(5)10(11)12/h2-3,5,9H,1H3. The number of nitrogens with one attached hydrogen (secondary N) is 1. The van der Waals surface area contributed by atoms with Gasteiger partial charge in [0, 0.05) is 7.11 Å². The Labute approximate surface area is 78.8 Å². The molecule has 7 nitrogen and oxygen atoms in total. The Hall–Kier alpha value is -1.89. The number of hydrogen-bond acceptors (Lipinski definition) is 6. The van der Waals surface area contributed by atoms with Gasteiger partial charge in [-0.25, -0.2) is 0 Å². The van der Waals surface area contributed by atoms with Gasteiger partial charge in [-0.1, -0.05) is 5.16 Å². The average molecular weight is 197 g/mol. The molecule has 0 amide bonds. The summed E-state index contributed by atoms with van der Waals surface area (Å²) in [4.78, 5) is 14.8. The fraction of sp³-hybridized carbons (Fsp3) is 0.286. The van der Waals surface area contributed by atoms with Crippen molar-refractivity contribution in [2.75, 3.05) is 7.11 Å². The third-order valence-corrected chi connectivity index (χ3v) is 1.95. The van der Waals surface area contributed by atoms with Crippen LogP contribution in [-0.2, 0) is 9.68 Å². The van der Waals surface area contributed by atoms with E-state index >= 15 is 0 Å². The molecule has 0 radical (unpaired) electrons. The molecule has 1 aliphatic heterocycles. The van der Waals surface area contributed by atoms with Crippen molar-refractivity contribution in [2.45, 2.75) is 6.10 Å². The van der Waals surface area contributed by atoms with E-state index in [-0.39, 0.29) is 11.4 Å². The van der Waals surface area contributed by atoms with Gasteiger partial charge in [0.15, 0.2) is 11.8 Å². The molecule has 1 heterocycles. The van der Waals surface area contributed by atoms with E-state index in [0.29, 0.717) is 5.71 Å². The predicted molar refractivity (Wildman–Crippen MR) is 45.6 cm³/mol. The van der Waals surface area contributed by atoms with Crippen LogP contribution >= 0.6 is 0 Å². The Morgan fingerprint density at radius 2 is 2.57 bits per heavy atom. The van der Waals surface area contributed by atoms with Crippen LogP contribution in [0.2, 0.25) is 0 Å². The Balaban J connectivity index is 2.46. The van der Waals surface area contributed by atoms with E-state index in [1.807, 2.05) is 0 Å². The molecule has 14 heavy (non-hydrogen) atoms. The molecule has 0 fully saturated rings. The first kappa shape index (κ1) is 8.70. The van der Waals surface area contributed by atoms with Crippen molar-refractivity contribution in [1.82, 2.24) is 5.48 Å². The van der Waals surface area contributed by atoms with Crippen molar-refractivity contribution in [1.29, 1.82) is 0 Å². The molecule has 1 aliphatic carbocycles. The lowest BCUT2D eigenvalue weighted by atomic mass is 10.1. The third kappa shape index (κ3) is 1.14. The maximum atomic E-state index is 10.7. The summed E-state index contributed by atoms with van der Waals surface area (Å²) >= 11 is 0. The van der Waals surface area contributed by atoms with Crippen molar-refractivity contribution in [3.8, 4) is 0 Å². The molecule has 1 N–H and O–H groups in total. The van der Waals surface area contributed by atoms with E-state index < -0.39 is 11.0 Å². The number of fused-ring (bicyclic) bond motifs is 1. The molecule has 0 spiro atoms. The van der Waals surface area contributed by atoms with Gasteiger partial charge in [-0.15, -0.1) is 0 Å². The van der Waals surface area contributed by atoms with Gasteiger partial charge in [-0.2, -0.15) is 5.48 Å². The van der Waals surface area contributed by atoms with Gasteiger partial charge in [0.25, 0.3) is 0 Å². The molecule has 0 saturated heterocycles. The summed E-state index contributed by atoms with van der Waals surface area (Å²) in [5.74, 6) is 0. The summed E-state index contributed by atoms with van der Waals surface area (Å²) in [6, 6.07) is 0. The smallest absolute Gasteiger partial charge is 0.307 e. The monoisotopic (exact) mass is 197 g/mol. The second kappa shape index (κ2) is 3.11. The zero-order valence-electron chi connectivity index (χ0n) is 7.26. The summed E-state index contributed by atoms with van der Waals surface area (Å²) < 4.78 is 4.94. The fourth-order valence-corrected chi connectivity index (χ4v) is 1.31. The molecular weight excluding hydrogens is 190 g/mol. The van der Waals surface area contributed by atoms with E-state index in [1.165, 1.54) is 7.11 Å². The Morgan fingerprint density at radius 3 is 3.21 bits per heavy atom. The minimum atomic E-state index is -0.673. The van der Waals surface area contributed by atoms with Gasteiger partial charge in [-0.3, -0.25) is 15.1 Å². The van der Waals surface area contributed by atoms with Crippen LogP contribution in [0.4, 0.5) is 0 Å². The first-order valence-corrected chi connectivity index (χ1v) is 3.84. The number of hydroxylamine groups is 1. The predicted octanol–water partition coefficient (Wildman–Crippen LogP) is -0.0497. The molecule has 0 aromatic heterocycles. The highest BCUT2D eigenvalue weighted by molar-refractivity contribution is 6.09. The summed E-state index contributed by atoms with van der Waals surface area (Å²) in [7, 11) is 1.40. The minimum absolute atomic E-state index is 0.0914. The maximum absolute atomic E-state index is 10.7. The Kier molecular flexibility index (Phi) is 1.93. The molecule has 0 aromatic rings. The van der Waals surface area contributed by atoms with Crippen LogP contribution < -0.4 is 5.48 Å². The number of oxime groups is 1. The molecule has 0 saturated carbocycles. The number of methoxy groups -OCH3 is 1. The molecule has 2 aliphatic rings. The van der Waals surface area contributed by atoms with Crippen LogP contribution in [0.15, 0.2) is 28.7 Å². The molecule has 1 atom stereocenters. The lowest BCUT2D eigenvalue weighted by Gasteiger charge is -2.13. The van der Waals surface area contributed by atoms with E-state index in [2.05, 4.69) is 15.6 Å². The number of nitrogens with zero attached hydrogens (tertiary/aromatic N) is 2. The highest BCUT2D eigenvalue weighted by atomic mass is 16.8. The van der Waals surface area contributed by atoms with Crippen molar-refractivity contribution in [2.24, 2.45) is 5.16 Å². The van der Waals surface area contributed by atoms with Gasteiger partial charge < -0.3 is 4.74 Å². The van der Waals surface area contributed by atoms with Gasteiger partial charge in [0.05, 0.1) is 4.92 Å². The van der Waals surface area contributed by atoms with Crippen LogP contribution in [0.3, 0.4) is 0 Å². The van der Waals surface area contributed by atoms with Gasteiger partial charge in [0.1, 0.15) is 5.71 Å². The van der Waals surface area contributed by atoms with Crippen molar-refractivity contribution >= 4 is 5.71 Å². The minimum Gasteiger partial charge on any atom is -0.366 e. The molecule has 1 unspecified atom stereocenters. The first-order chi connectivity index (χ1) is 6.74. The van der Waals surface area contributed by atoms with Crippen LogP contribution in [0.25, 0.3) is 0 Å². The number of rotatable bonds is 2. The summed E-state index contributed by atoms with van der Waals surface area (Å²) in [5, 5.41) is 14.3. The zero-order valence-corrected chi connectivity index (χ0v) is 7.26. The normalized spacial score (nSPS) is 23.8. The van der Waals surface area contributed by atoms with E-state index in [4.69, 9.17) is 4.74 Å². The van der Waals surface area contributed by atoms with Crippen molar-refractivity contribution < 1.29 is 14.6 Å². The van der Waals surface area contributed by atoms with Crippen LogP contribution in [0.5, 0.6) is 0 Å². The van der Waals surface area contributed by atoms with E-state index in [9.17, 15) is 10.1 Å². The van der Waals surface area contributed by atoms with Gasteiger partial charge in [0.2, 0.25) is 0 Å². The summed E-state index contributed by atoms with van der Waals surface area (Å²) in [6.07, 6.45) is 2.49. The van der Waals surface area contributed by atoms with Crippen molar-refractivity contribution in [3.63, 3.8) is 0 Å². The zero-order chi connectivity index (χ0) is 10.1. The molecule has 2 rings (SSSR count). The Bertz CT molecular complexity index is 371. The molecule has 0 aromatic carbocycles. The highest BCUT2D eigenvalue weighted by Gasteiger charge is 2.35. The largest absolute Gasteiger partial charge is 0.366 e. The number of allylic oxidation sites excluding steroid dienone is 1. The summed E-state index contributed by atoms with van der Waals surface area (Å²) in [5.41, 5.74) is 2.93. The Morgan fingerprint density at radius 1 is 1.79 bits per heavy atom. The van der Waals surface area contributed by atoms with Crippen molar-refractivity contribution in [3.05, 3.63) is 33.7 Å². The molecule has 74 valence electrons. The molecule has 7 heteroatoms. The van der Waals surface area contributed by atoms with E-state index in [0.717, 1.165) is 0 Å². The number of nitro groups is 1. The van der Waals surface area contributed by atoms with Crippen LogP contribution in [0.1, 0.15) is 0 Å². The van der Waals surface area contributed by atoms with Crippen LogP contribution in [0, 0.1) is 10.1 Å². The number of ether oxygens (including phenoxy) is 1. The summed E-state index contributed by atoms with van der Waals surface area (Å²) in [6.45, 7) is 0. The molecule has 0 bridgehead atoms. The third-order valence-electron chi connectivity index (χ3n) is 1.95. The maximum Gasteiger partial charge on any atom is 0.307 e. The molecular formula is C7H7N3O4.